The molecule has 3 heterocycles. The number of rotatable bonds is 9. The SMILES string of the molecule is C=CC(=O)Nc1cccc(OC2=c3ccn(CO)c3=NC(Nc3ccc(N4CCN(C)CC4)c(F)c3)=C(CC)C2)c1. The van der Waals surface area contributed by atoms with Gasteiger partial charge in [-0.3, -0.25) is 4.79 Å². The summed E-state index contributed by atoms with van der Waals surface area (Å²) < 4.78 is 23.2. The van der Waals surface area contributed by atoms with Gasteiger partial charge >= 0.3 is 0 Å². The molecule has 2 aliphatic rings. The largest absolute Gasteiger partial charge is 0.461 e. The average molecular weight is 559 g/mol. The number of hydrogen-bond donors (Lipinski definition) is 3. The molecule has 1 saturated heterocycles. The molecule has 0 radical (unpaired) electrons. The van der Waals surface area contributed by atoms with E-state index in [1.165, 1.54) is 12.1 Å². The van der Waals surface area contributed by atoms with Gasteiger partial charge < -0.3 is 34.8 Å². The van der Waals surface area contributed by atoms with Crippen molar-refractivity contribution >= 4 is 28.7 Å². The van der Waals surface area contributed by atoms with Gasteiger partial charge in [0.2, 0.25) is 5.91 Å². The van der Waals surface area contributed by atoms with Crippen molar-refractivity contribution in [2.45, 2.75) is 26.5 Å². The molecular weight excluding hydrogens is 523 g/mol. The molecule has 2 aromatic carbocycles. The Morgan fingerprint density at radius 3 is 2.66 bits per heavy atom. The molecule has 0 bridgehead atoms. The molecule has 0 spiro atoms. The quantitative estimate of drug-likeness (QED) is 0.349. The van der Waals surface area contributed by atoms with Gasteiger partial charge in [-0.2, -0.15) is 0 Å². The molecule has 1 amide bonds. The average Bonchev–Trinajstić information content (AvgIpc) is 3.32. The first-order valence-electron chi connectivity index (χ1n) is 13.7. The zero-order valence-electron chi connectivity index (χ0n) is 23.4. The maximum Gasteiger partial charge on any atom is 0.247 e. The minimum atomic E-state index is -0.315. The van der Waals surface area contributed by atoms with Crippen LogP contribution in [0.1, 0.15) is 19.8 Å². The molecule has 9 nitrogen and oxygen atoms in total. The van der Waals surface area contributed by atoms with E-state index >= 15 is 4.39 Å². The highest BCUT2D eigenvalue weighted by molar-refractivity contribution is 5.98. The lowest BCUT2D eigenvalue weighted by Gasteiger charge is -2.34. The lowest BCUT2D eigenvalue weighted by molar-refractivity contribution is -0.111. The number of carbonyl (C=O) groups is 1. The van der Waals surface area contributed by atoms with Crippen LogP contribution in [-0.4, -0.2) is 53.7 Å². The third kappa shape index (κ3) is 6.34. The Hall–Kier alpha value is -4.41. The van der Waals surface area contributed by atoms with Crippen LogP contribution in [0.25, 0.3) is 5.76 Å². The van der Waals surface area contributed by atoms with E-state index in [1.807, 2.05) is 25.1 Å². The van der Waals surface area contributed by atoms with E-state index in [2.05, 4.69) is 34.1 Å². The zero-order valence-corrected chi connectivity index (χ0v) is 23.4. The smallest absolute Gasteiger partial charge is 0.247 e. The number of anilines is 3. The Kier molecular flexibility index (Phi) is 8.51. The number of aromatic nitrogens is 1. The first-order valence-corrected chi connectivity index (χ1v) is 13.7. The number of ether oxygens (including phenoxy) is 1. The highest BCUT2D eigenvalue weighted by atomic mass is 19.1. The van der Waals surface area contributed by atoms with Crippen molar-refractivity contribution in [3.63, 3.8) is 0 Å². The molecule has 0 atom stereocenters. The lowest BCUT2D eigenvalue weighted by atomic mass is 10.1. The van der Waals surface area contributed by atoms with Gasteiger partial charge in [-0.25, -0.2) is 9.38 Å². The summed E-state index contributed by atoms with van der Waals surface area (Å²) in [5, 5.41) is 16.8. The van der Waals surface area contributed by atoms with E-state index in [1.54, 1.807) is 35.0 Å². The minimum absolute atomic E-state index is 0.266. The number of benzene rings is 2. The molecule has 0 saturated carbocycles. The molecule has 2 aliphatic heterocycles. The first kappa shape index (κ1) is 28.1. The van der Waals surface area contributed by atoms with Gasteiger partial charge in [-0.05, 0) is 61.5 Å². The molecular formula is C31H35FN6O3. The second-order valence-electron chi connectivity index (χ2n) is 10.1. The first-order chi connectivity index (χ1) is 19.9. The van der Waals surface area contributed by atoms with Crippen molar-refractivity contribution in [2.75, 3.05) is 48.8 Å². The topological polar surface area (TPSA) is 94.4 Å². The molecule has 214 valence electrons. The molecule has 1 aromatic heterocycles. The van der Waals surface area contributed by atoms with Crippen LogP contribution in [-0.2, 0) is 11.5 Å². The van der Waals surface area contributed by atoms with Crippen molar-refractivity contribution < 1.29 is 19.0 Å². The standard InChI is InChI=1S/C31H35FN6O3/c1-4-21-17-28(41-24-8-6-7-22(18-24)33-29(40)5-2)25-11-12-38(20-39)31(25)35-30(21)34-23-9-10-27(26(32)19-23)37-15-13-36(3)14-16-37/h5-12,18-19,34,39H,2,4,13-17,20H2,1,3H3,(H,33,40). The van der Waals surface area contributed by atoms with Gasteiger partial charge in [0.1, 0.15) is 35.4 Å². The molecule has 0 unspecified atom stereocenters. The number of halogens is 1. The summed E-state index contributed by atoms with van der Waals surface area (Å²) in [6.45, 7) is 8.61. The van der Waals surface area contributed by atoms with Crippen LogP contribution in [0.2, 0.25) is 0 Å². The Bertz CT molecular complexity index is 1600. The summed E-state index contributed by atoms with van der Waals surface area (Å²) in [5.74, 6) is 1.17. The Morgan fingerprint density at radius 2 is 1.95 bits per heavy atom. The third-order valence-electron chi connectivity index (χ3n) is 7.32. The summed E-state index contributed by atoms with van der Waals surface area (Å²) in [4.78, 5) is 21.0. The zero-order chi connectivity index (χ0) is 28.9. The predicted molar refractivity (Wildman–Crippen MR) is 158 cm³/mol. The van der Waals surface area contributed by atoms with E-state index in [0.29, 0.717) is 52.7 Å². The molecule has 41 heavy (non-hydrogen) atoms. The Balaban J connectivity index is 1.46. The molecule has 0 aliphatic carbocycles. The monoisotopic (exact) mass is 558 g/mol. The fourth-order valence-electron chi connectivity index (χ4n) is 4.98. The predicted octanol–water partition coefficient (Wildman–Crippen LogP) is 3.40. The van der Waals surface area contributed by atoms with E-state index < -0.39 is 0 Å². The van der Waals surface area contributed by atoms with E-state index in [4.69, 9.17) is 9.73 Å². The number of amides is 1. The van der Waals surface area contributed by atoms with Crippen LogP contribution in [0.5, 0.6) is 5.75 Å². The van der Waals surface area contributed by atoms with Gasteiger partial charge in [0.15, 0.2) is 0 Å². The molecule has 10 heteroatoms. The fraction of sp³-hybridized carbons (Fsp3) is 0.290. The Labute approximate surface area is 238 Å². The van der Waals surface area contributed by atoms with Gasteiger partial charge in [0.05, 0.1) is 10.9 Å². The van der Waals surface area contributed by atoms with Gasteiger partial charge in [0.25, 0.3) is 0 Å². The second-order valence-corrected chi connectivity index (χ2v) is 10.1. The number of aliphatic hydroxyl groups is 1. The Morgan fingerprint density at radius 1 is 1.15 bits per heavy atom. The van der Waals surface area contributed by atoms with Gasteiger partial charge in [-0.1, -0.05) is 19.6 Å². The van der Waals surface area contributed by atoms with Crippen molar-refractivity contribution in [1.29, 1.82) is 0 Å². The number of hydrogen-bond acceptors (Lipinski definition) is 7. The summed E-state index contributed by atoms with van der Waals surface area (Å²) in [6, 6.07) is 14.1. The second kappa shape index (κ2) is 12.4. The molecule has 3 N–H and O–H groups in total. The van der Waals surface area contributed by atoms with Crippen LogP contribution in [0.4, 0.5) is 21.5 Å². The maximum absolute atomic E-state index is 15.3. The van der Waals surface area contributed by atoms with Crippen molar-refractivity contribution in [3.05, 3.63) is 95.3 Å². The number of carbonyl (C=O) groups excluding carboxylic acids is 1. The van der Waals surface area contributed by atoms with E-state index in [0.717, 1.165) is 37.0 Å². The minimum Gasteiger partial charge on any atom is -0.461 e. The molecule has 5 rings (SSSR count). The number of likely N-dealkylation sites (N-methyl/N-ethyl adjacent to an activating group) is 1. The van der Waals surface area contributed by atoms with Crippen LogP contribution >= 0.6 is 0 Å². The number of piperazine rings is 1. The van der Waals surface area contributed by atoms with Crippen molar-refractivity contribution in [1.82, 2.24) is 9.47 Å². The summed E-state index contributed by atoms with van der Waals surface area (Å²) in [5.41, 5.74) is 3.25. The summed E-state index contributed by atoms with van der Waals surface area (Å²) in [6.07, 6.45) is 4.06. The fourth-order valence-corrected chi connectivity index (χ4v) is 4.98. The lowest BCUT2D eigenvalue weighted by Crippen LogP contribution is -2.44. The van der Waals surface area contributed by atoms with E-state index in [-0.39, 0.29) is 18.5 Å². The summed E-state index contributed by atoms with van der Waals surface area (Å²) >= 11 is 0. The van der Waals surface area contributed by atoms with Gasteiger partial charge in [-0.15, -0.1) is 0 Å². The maximum atomic E-state index is 15.3. The third-order valence-corrected chi connectivity index (χ3v) is 7.32. The normalized spacial score (nSPS) is 15.6. The highest BCUT2D eigenvalue weighted by Crippen LogP contribution is 2.29. The van der Waals surface area contributed by atoms with Gasteiger partial charge in [0, 0.05) is 56.2 Å². The highest BCUT2D eigenvalue weighted by Gasteiger charge is 2.20. The van der Waals surface area contributed by atoms with Crippen LogP contribution < -0.4 is 31.0 Å². The molecule has 1 fully saturated rings. The number of nitrogens with zero attached hydrogens (tertiary/aromatic N) is 4. The number of aliphatic hydroxyl groups excluding tert-OH is 1. The van der Waals surface area contributed by atoms with E-state index in [9.17, 15) is 9.90 Å². The van der Waals surface area contributed by atoms with Crippen molar-refractivity contribution in [3.8, 4) is 5.75 Å². The number of nitrogens with one attached hydrogen (secondary N) is 2. The molecule has 3 aromatic rings. The number of fused-ring (bicyclic) bond motifs is 1. The van der Waals surface area contributed by atoms with Crippen LogP contribution in [0, 0.1) is 5.82 Å². The van der Waals surface area contributed by atoms with Crippen LogP contribution in [0.15, 0.2) is 83.8 Å². The summed E-state index contributed by atoms with van der Waals surface area (Å²) in [7, 11) is 2.07. The van der Waals surface area contributed by atoms with Crippen LogP contribution in [0.3, 0.4) is 0 Å². The van der Waals surface area contributed by atoms with Crippen molar-refractivity contribution in [2.24, 2.45) is 4.99 Å².